The number of non-ortho nitro benzene ring substituents is 1. The molecule has 3 aromatic rings. The highest BCUT2D eigenvalue weighted by molar-refractivity contribution is 5.80. The molecule has 25 heavy (non-hydrogen) atoms. The van der Waals surface area contributed by atoms with E-state index >= 15 is 0 Å². The lowest BCUT2D eigenvalue weighted by molar-refractivity contribution is -0.384. The Balaban J connectivity index is 2.24. The van der Waals surface area contributed by atoms with Crippen LogP contribution >= 0.6 is 0 Å². The maximum absolute atomic E-state index is 13.5. The van der Waals surface area contributed by atoms with Gasteiger partial charge in [-0.25, -0.2) is 9.37 Å². The Bertz CT molecular complexity index is 1030. The number of anilines is 1. The Kier molecular flexibility index (Phi) is 4.10. The standard InChI is InChI=1S/C18H11FN4O2/c19-13-5-1-4-12(7-13)17-9-15(16(10-20)18(21)22-17)11-3-2-6-14(8-11)23(24)25/h1-9H,(H2,21,22). The Hall–Kier alpha value is -3.79. The third kappa shape index (κ3) is 3.14. The van der Waals surface area contributed by atoms with Gasteiger partial charge >= 0.3 is 0 Å². The molecule has 6 nitrogen and oxygen atoms in total. The average molecular weight is 334 g/mol. The summed E-state index contributed by atoms with van der Waals surface area (Å²) in [6.07, 6.45) is 0. The molecule has 0 radical (unpaired) electrons. The van der Waals surface area contributed by atoms with Gasteiger partial charge in [-0.3, -0.25) is 10.1 Å². The van der Waals surface area contributed by atoms with Crippen LogP contribution in [0.15, 0.2) is 54.6 Å². The molecule has 0 fully saturated rings. The number of pyridine rings is 1. The SMILES string of the molecule is N#Cc1c(-c2cccc([N+](=O)[O-])c2)cc(-c2cccc(F)c2)nc1N. The number of nitro benzene ring substituents is 1. The number of aromatic nitrogens is 1. The van der Waals surface area contributed by atoms with Gasteiger partial charge in [-0.1, -0.05) is 24.3 Å². The summed E-state index contributed by atoms with van der Waals surface area (Å²) in [6.45, 7) is 0. The molecule has 2 N–H and O–H groups in total. The zero-order valence-electron chi connectivity index (χ0n) is 12.8. The molecule has 0 saturated carbocycles. The Morgan fingerprint density at radius 2 is 1.84 bits per heavy atom. The predicted octanol–water partition coefficient (Wildman–Crippen LogP) is 3.92. The van der Waals surface area contributed by atoms with Crippen molar-refractivity contribution in [2.45, 2.75) is 0 Å². The quantitative estimate of drug-likeness (QED) is 0.577. The highest BCUT2D eigenvalue weighted by atomic mass is 19.1. The maximum Gasteiger partial charge on any atom is 0.270 e. The number of benzene rings is 2. The van der Waals surface area contributed by atoms with Gasteiger partial charge in [-0.2, -0.15) is 5.26 Å². The number of nitro groups is 1. The van der Waals surface area contributed by atoms with Crippen molar-refractivity contribution in [2.24, 2.45) is 0 Å². The van der Waals surface area contributed by atoms with Crippen LogP contribution in [0.4, 0.5) is 15.9 Å². The molecule has 0 aliphatic rings. The summed E-state index contributed by atoms with van der Waals surface area (Å²) in [7, 11) is 0. The van der Waals surface area contributed by atoms with Crippen LogP contribution in [-0.2, 0) is 0 Å². The van der Waals surface area contributed by atoms with E-state index in [4.69, 9.17) is 5.73 Å². The fraction of sp³-hybridized carbons (Fsp3) is 0. The van der Waals surface area contributed by atoms with Crippen LogP contribution in [0.3, 0.4) is 0 Å². The van der Waals surface area contributed by atoms with Crippen LogP contribution in [0.1, 0.15) is 5.56 Å². The smallest absolute Gasteiger partial charge is 0.270 e. The normalized spacial score (nSPS) is 10.2. The predicted molar refractivity (Wildman–Crippen MR) is 90.8 cm³/mol. The minimum atomic E-state index is -0.520. The molecule has 0 aliphatic heterocycles. The Labute approximate surface area is 142 Å². The zero-order valence-corrected chi connectivity index (χ0v) is 12.8. The lowest BCUT2D eigenvalue weighted by atomic mass is 9.98. The van der Waals surface area contributed by atoms with Crippen molar-refractivity contribution in [2.75, 3.05) is 5.73 Å². The van der Waals surface area contributed by atoms with Crippen molar-refractivity contribution >= 4 is 11.5 Å². The number of nitrogen functional groups attached to an aromatic ring is 1. The first-order chi connectivity index (χ1) is 12.0. The van der Waals surface area contributed by atoms with Gasteiger partial charge in [0.2, 0.25) is 0 Å². The minimum absolute atomic E-state index is 0.0224. The largest absolute Gasteiger partial charge is 0.383 e. The number of halogens is 1. The molecule has 0 saturated heterocycles. The number of hydrogen-bond acceptors (Lipinski definition) is 5. The van der Waals surface area contributed by atoms with Crippen molar-refractivity contribution in [3.8, 4) is 28.5 Å². The fourth-order valence-corrected chi connectivity index (χ4v) is 2.49. The molecule has 122 valence electrons. The number of nitrogens with two attached hydrogens (primary N) is 1. The lowest BCUT2D eigenvalue weighted by Crippen LogP contribution is -2.00. The summed E-state index contributed by atoms with van der Waals surface area (Å²) < 4.78 is 13.5. The zero-order chi connectivity index (χ0) is 18.0. The first-order valence-corrected chi connectivity index (χ1v) is 7.21. The molecule has 2 aromatic carbocycles. The number of hydrogen-bond donors (Lipinski definition) is 1. The highest BCUT2D eigenvalue weighted by Crippen LogP contribution is 2.32. The second-order valence-corrected chi connectivity index (χ2v) is 5.24. The Morgan fingerprint density at radius 3 is 2.52 bits per heavy atom. The van der Waals surface area contributed by atoms with Crippen LogP contribution in [0, 0.1) is 27.3 Å². The van der Waals surface area contributed by atoms with Crippen LogP contribution in [0.5, 0.6) is 0 Å². The highest BCUT2D eigenvalue weighted by Gasteiger charge is 2.16. The molecular formula is C18H11FN4O2. The molecule has 0 amide bonds. The van der Waals surface area contributed by atoms with Crippen LogP contribution in [-0.4, -0.2) is 9.91 Å². The van der Waals surface area contributed by atoms with Crippen molar-refractivity contribution in [3.05, 3.63) is 76.1 Å². The minimum Gasteiger partial charge on any atom is -0.383 e. The fourth-order valence-electron chi connectivity index (χ4n) is 2.49. The molecule has 0 bridgehead atoms. The van der Waals surface area contributed by atoms with E-state index in [-0.39, 0.29) is 17.1 Å². The monoisotopic (exact) mass is 334 g/mol. The van der Waals surface area contributed by atoms with Crippen molar-refractivity contribution in [3.63, 3.8) is 0 Å². The Morgan fingerprint density at radius 1 is 1.12 bits per heavy atom. The summed E-state index contributed by atoms with van der Waals surface area (Å²) in [5.74, 6) is -0.454. The maximum atomic E-state index is 13.5. The first-order valence-electron chi connectivity index (χ1n) is 7.21. The summed E-state index contributed by atoms with van der Waals surface area (Å²) >= 11 is 0. The number of nitrogens with zero attached hydrogens (tertiary/aromatic N) is 3. The van der Waals surface area contributed by atoms with E-state index in [2.05, 4.69) is 4.98 Å². The molecule has 1 heterocycles. The van der Waals surface area contributed by atoms with E-state index in [0.29, 0.717) is 22.4 Å². The second kappa shape index (κ2) is 6.37. The van der Waals surface area contributed by atoms with E-state index in [9.17, 15) is 19.8 Å². The van der Waals surface area contributed by atoms with Crippen molar-refractivity contribution in [1.29, 1.82) is 5.26 Å². The van der Waals surface area contributed by atoms with Crippen LogP contribution in [0.25, 0.3) is 22.4 Å². The summed E-state index contributed by atoms with van der Waals surface area (Å²) in [6, 6.07) is 15.2. The van der Waals surface area contributed by atoms with Gasteiger partial charge in [0.1, 0.15) is 23.3 Å². The van der Waals surface area contributed by atoms with Crippen LogP contribution in [0.2, 0.25) is 0 Å². The molecule has 1 aromatic heterocycles. The summed E-state index contributed by atoms with van der Waals surface area (Å²) in [5, 5.41) is 20.4. The molecule has 0 atom stereocenters. The third-order valence-electron chi connectivity index (χ3n) is 3.65. The van der Waals surface area contributed by atoms with E-state index in [1.807, 2.05) is 6.07 Å². The molecule has 0 unspecified atom stereocenters. The molecule has 0 aliphatic carbocycles. The average Bonchev–Trinajstić information content (AvgIpc) is 2.61. The summed E-state index contributed by atoms with van der Waals surface area (Å²) in [5.41, 5.74) is 7.60. The molecule has 3 rings (SSSR count). The summed E-state index contributed by atoms with van der Waals surface area (Å²) in [4.78, 5) is 14.6. The topological polar surface area (TPSA) is 106 Å². The van der Waals surface area contributed by atoms with Crippen molar-refractivity contribution < 1.29 is 9.31 Å². The van der Waals surface area contributed by atoms with Gasteiger partial charge in [0.25, 0.3) is 5.69 Å². The van der Waals surface area contributed by atoms with E-state index < -0.39 is 10.7 Å². The molecule has 0 spiro atoms. The van der Waals surface area contributed by atoms with E-state index in [1.54, 1.807) is 18.2 Å². The lowest BCUT2D eigenvalue weighted by Gasteiger charge is -2.10. The van der Waals surface area contributed by atoms with Gasteiger partial charge in [0.15, 0.2) is 0 Å². The van der Waals surface area contributed by atoms with Gasteiger partial charge in [0, 0.05) is 23.3 Å². The van der Waals surface area contributed by atoms with Gasteiger partial charge in [0.05, 0.1) is 10.6 Å². The third-order valence-corrected chi connectivity index (χ3v) is 3.65. The van der Waals surface area contributed by atoms with E-state index in [1.165, 1.54) is 36.4 Å². The van der Waals surface area contributed by atoms with Gasteiger partial charge < -0.3 is 5.73 Å². The number of nitriles is 1. The van der Waals surface area contributed by atoms with E-state index in [0.717, 1.165) is 0 Å². The second-order valence-electron chi connectivity index (χ2n) is 5.24. The van der Waals surface area contributed by atoms with Gasteiger partial charge in [-0.15, -0.1) is 0 Å². The van der Waals surface area contributed by atoms with Gasteiger partial charge in [-0.05, 0) is 23.8 Å². The molecular weight excluding hydrogens is 323 g/mol. The molecule has 7 heteroatoms. The van der Waals surface area contributed by atoms with Crippen LogP contribution < -0.4 is 5.73 Å². The number of rotatable bonds is 3. The first kappa shape index (κ1) is 16.1. The van der Waals surface area contributed by atoms with Crippen molar-refractivity contribution in [1.82, 2.24) is 4.98 Å².